The Bertz CT molecular complexity index is 2970. The molecule has 260 valence electrons. The van der Waals surface area contributed by atoms with E-state index in [4.69, 9.17) is 0 Å². The zero-order valence-electron chi connectivity index (χ0n) is 30.3. The molecule has 54 heavy (non-hydrogen) atoms. The largest absolute Gasteiger partial charge is 0.341 e. The number of aromatic nitrogens is 2. The summed E-state index contributed by atoms with van der Waals surface area (Å²) in [6, 6.07) is 58.7. The SMILES string of the molecule is CCn1c2ccccc2c2cc(C(c3cccs3)=c3ccc(=c4ccc(=C(c5ccc6c(c5)c5ccccc5n6CC)c5cccs5)cc4)cc3)ccc21. The second-order valence-electron chi connectivity index (χ2n) is 13.8. The molecule has 0 saturated heterocycles. The lowest BCUT2D eigenvalue weighted by Gasteiger charge is -2.09. The van der Waals surface area contributed by atoms with Gasteiger partial charge in [-0.25, -0.2) is 0 Å². The average Bonchev–Trinajstić information content (AvgIpc) is 4.05. The molecule has 2 nitrogen and oxygen atoms in total. The fraction of sp³-hybridized carbons (Fsp3) is 0.0800. The molecule has 10 rings (SSSR count). The Morgan fingerprint density at radius 3 is 1.20 bits per heavy atom. The molecule has 4 aromatic heterocycles. The summed E-state index contributed by atoms with van der Waals surface area (Å²) < 4.78 is 4.84. The van der Waals surface area contributed by atoms with E-state index in [2.05, 4.69) is 191 Å². The normalized spacial score (nSPS) is 11.7. The summed E-state index contributed by atoms with van der Waals surface area (Å²) >= 11 is 3.60. The number of thiophene rings is 2. The molecular formula is C50H38N2S2. The van der Waals surface area contributed by atoms with E-state index < -0.39 is 0 Å². The summed E-state index contributed by atoms with van der Waals surface area (Å²) in [5.74, 6) is 0. The van der Waals surface area contributed by atoms with Crippen LogP contribution in [0.15, 0.2) is 168 Å². The lowest BCUT2D eigenvalue weighted by molar-refractivity contribution is 0.827. The van der Waals surface area contributed by atoms with Crippen molar-refractivity contribution >= 4 is 77.4 Å². The van der Waals surface area contributed by atoms with Gasteiger partial charge in [-0.1, -0.05) is 109 Å². The molecule has 0 N–H and O–H groups in total. The average molecular weight is 731 g/mol. The molecule has 0 fully saturated rings. The van der Waals surface area contributed by atoms with E-state index >= 15 is 0 Å². The summed E-state index contributed by atoms with van der Waals surface area (Å²) in [5.41, 5.74) is 10.2. The fourth-order valence-electron chi connectivity index (χ4n) is 8.50. The minimum Gasteiger partial charge on any atom is -0.341 e. The van der Waals surface area contributed by atoms with Crippen LogP contribution in [0.25, 0.3) is 54.8 Å². The smallest absolute Gasteiger partial charge is 0.0491 e. The van der Waals surface area contributed by atoms with Crippen LogP contribution < -0.4 is 10.4 Å². The molecule has 4 heteroatoms. The van der Waals surface area contributed by atoms with Gasteiger partial charge >= 0.3 is 0 Å². The maximum atomic E-state index is 2.42. The Hall–Kier alpha value is -5.94. The van der Waals surface area contributed by atoms with E-state index in [1.165, 1.54) is 96.5 Å². The summed E-state index contributed by atoms with van der Waals surface area (Å²) in [6.07, 6.45) is 0. The number of hydrogen-bond acceptors (Lipinski definition) is 2. The summed E-state index contributed by atoms with van der Waals surface area (Å²) in [5, 5.41) is 14.5. The predicted molar refractivity (Wildman–Crippen MR) is 232 cm³/mol. The van der Waals surface area contributed by atoms with Gasteiger partial charge in [0.15, 0.2) is 0 Å². The van der Waals surface area contributed by atoms with Crippen molar-refractivity contribution in [2.45, 2.75) is 26.9 Å². The summed E-state index contributed by atoms with van der Waals surface area (Å²) in [6.45, 7) is 6.35. The first-order chi connectivity index (χ1) is 26.7. The number of fused-ring (bicyclic) bond motifs is 6. The van der Waals surface area contributed by atoms with Crippen LogP contribution in [0.1, 0.15) is 34.7 Å². The van der Waals surface area contributed by atoms with Gasteiger partial charge in [0.05, 0.1) is 0 Å². The van der Waals surface area contributed by atoms with E-state index in [0.29, 0.717) is 0 Å². The number of hydrogen-bond donors (Lipinski definition) is 0. The Kier molecular flexibility index (Phi) is 8.16. The molecule has 0 aliphatic carbocycles. The van der Waals surface area contributed by atoms with Gasteiger partial charge in [0.1, 0.15) is 0 Å². The van der Waals surface area contributed by atoms with Gasteiger partial charge < -0.3 is 9.13 Å². The van der Waals surface area contributed by atoms with Crippen LogP contribution in [0.5, 0.6) is 0 Å². The van der Waals surface area contributed by atoms with Gasteiger partial charge in [-0.05, 0) is 105 Å². The van der Waals surface area contributed by atoms with Crippen LogP contribution in [0.3, 0.4) is 0 Å². The van der Waals surface area contributed by atoms with Gasteiger partial charge in [0.25, 0.3) is 0 Å². The maximum Gasteiger partial charge on any atom is 0.0491 e. The molecule has 4 heterocycles. The Morgan fingerprint density at radius 2 is 0.815 bits per heavy atom. The van der Waals surface area contributed by atoms with Crippen molar-refractivity contribution in [2.75, 3.05) is 0 Å². The standard InChI is InChI=1S/C50H38N2S2/c1-3-51-43-13-7-5-11-39(43)41-31-37(25-27-45(41)51)49(47-15-9-29-53-47)35-21-17-33(18-22-35)34-19-23-36(24-20-34)50(48-16-10-30-54-48)38-26-28-46-42(32-38)40-12-6-8-14-44(40)52(46)4-2/h5-32H,3-4H2,1-2H3. The van der Waals surface area contributed by atoms with E-state index in [1.54, 1.807) is 22.7 Å². The quantitative estimate of drug-likeness (QED) is 0.161. The van der Waals surface area contributed by atoms with E-state index in [-0.39, 0.29) is 0 Å². The van der Waals surface area contributed by atoms with E-state index in [0.717, 1.165) is 13.1 Å². The molecule has 0 radical (unpaired) electrons. The first kappa shape index (κ1) is 32.7. The van der Waals surface area contributed by atoms with Gasteiger partial charge in [0.2, 0.25) is 0 Å². The topological polar surface area (TPSA) is 9.86 Å². The molecule has 0 bridgehead atoms. The minimum absolute atomic E-state index is 0.946. The number of nitrogens with zero attached hydrogens (tertiary/aromatic N) is 2. The van der Waals surface area contributed by atoms with Crippen molar-refractivity contribution in [2.24, 2.45) is 0 Å². The summed E-state index contributed by atoms with van der Waals surface area (Å²) in [4.78, 5) is 2.56. The monoisotopic (exact) mass is 730 g/mol. The molecule has 10 aromatic rings. The third-order valence-electron chi connectivity index (χ3n) is 11.0. The van der Waals surface area contributed by atoms with Crippen LogP contribution in [0.2, 0.25) is 0 Å². The molecule has 0 unspecified atom stereocenters. The van der Waals surface area contributed by atoms with E-state index in [9.17, 15) is 0 Å². The predicted octanol–water partition coefficient (Wildman–Crippen LogP) is 11.8. The second kappa shape index (κ2) is 13.5. The van der Waals surface area contributed by atoms with Crippen molar-refractivity contribution in [1.29, 1.82) is 0 Å². The fourth-order valence-corrected chi connectivity index (χ4v) is 10.1. The van der Waals surface area contributed by atoms with Crippen molar-refractivity contribution in [3.05, 3.63) is 210 Å². The number of para-hydroxylation sites is 2. The first-order valence-electron chi connectivity index (χ1n) is 18.8. The summed E-state index contributed by atoms with van der Waals surface area (Å²) in [7, 11) is 0. The highest BCUT2D eigenvalue weighted by Gasteiger charge is 2.15. The Morgan fingerprint density at radius 1 is 0.407 bits per heavy atom. The van der Waals surface area contributed by atoms with Gasteiger partial charge in [-0.15, -0.1) is 22.7 Å². The highest BCUT2D eigenvalue weighted by Crippen LogP contribution is 2.35. The molecule has 0 spiro atoms. The molecule has 0 amide bonds. The van der Waals surface area contributed by atoms with E-state index in [1.807, 2.05) is 0 Å². The zero-order valence-corrected chi connectivity index (χ0v) is 31.9. The van der Waals surface area contributed by atoms with Gasteiger partial charge in [0, 0.05) is 77.6 Å². The number of aryl methyl sites for hydroxylation is 2. The molecule has 0 saturated carbocycles. The third-order valence-corrected chi connectivity index (χ3v) is 12.7. The van der Waals surface area contributed by atoms with Crippen molar-refractivity contribution in [3.63, 3.8) is 0 Å². The van der Waals surface area contributed by atoms with Crippen LogP contribution in [0, 0.1) is 10.4 Å². The van der Waals surface area contributed by atoms with Crippen LogP contribution in [0.4, 0.5) is 0 Å². The molecule has 0 aliphatic heterocycles. The maximum absolute atomic E-state index is 2.42. The lowest BCUT2D eigenvalue weighted by atomic mass is 9.98. The third kappa shape index (κ3) is 5.36. The highest BCUT2D eigenvalue weighted by atomic mass is 32.1. The van der Waals surface area contributed by atoms with Crippen molar-refractivity contribution < 1.29 is 0 Å². The Labute approximate surface area is 322 Å². The van der Waals surface area contributed by atoms with Crippen LogP contribution in [-0.4, -0.2) is 9.13 Å². The highest BCUT2D eigenvalue weighted by molar-refractivity contribution is 7.11. The molecule has 6 aromatic carbocycles. The molecular weight excluding hydrogens is 693 g/mol. The second-order valence-corrected chi connectivity index (χ2v) is 15.7. The van der Waals surface area contributed by atoms with Crippen molar-refractivity contribution in [3.8, 4) is 0 Å². The van der Waals surface area contributed by atoms with Crippen LogP contribution in [-0.2, 0) is 13.1 Å². The van der Waals surface area contributed by atoms with Gasteiger partial charge in [-0.3, -0.25) is 0 Å². The van der Waals surface area contributed by atoms with Crippen molar-refractivity contribution in [1.82, 2.24) is 9.13 Å². The lowest BCUT2D eigenvalue weighted by Crippen LogP contribution is -2.07. The van der Waals surface area contributed by atoms with Gasteiger partial charge in [-0.2, -0.15) is 0 Å². The minimum atomic E-state index is 0.946. The first-order valence-corrected chi connectivity index (χ1v) is 20.5. The number of rotatable bonds is 6. The molecule has 0 aliphatic rings. The zero-order chi connectivity index (χ0) is 36.2. The Balaban J connectivity index is 1.11. The number of benzene rings is 6. The molecule has 0 atom stereocenters. The van der Waals surface area contributed by atoms with Crippen LogP contribution >= 0.6 is 22.7 Å².